The molecular formula is C15H20N4O3S. The van der Waals surface area contributed by atoms with Gasteiger partial charge in [-0.2, -0.15) is 4.31 Å². The Balaban J connectivity index is 2.24. The Morgan fingerprint density at radius 1 is 1.26 bits per heavy atom. The molecule has 0 spiro atoms. The Morgan fingerprint density at radius 3 is 2.70 bits per heavy atom. The molecule has 2 rings (SSSR count). The van der Waals surface area contributed by atoms with E-state index in [0.717, 1.165) is 10.00 Å². The minimum absolute atomic E-state index is 0.0467. The number of benzene rings is 1. The number of aliphatic hydroxyl groups excluding tert-OH is 1. The average molecular weight is 336 g/mol. The van der Waals surface area contributed by atoms with E-state index >= 15 is 0 Å². The summed E-state index contributed by atoms with van der Waals surface area (Å²) in [5.41, 5.74) is 1.44. The monoisotopic (exact) mass is 336 g/mol. The quantitative estimate of drug-likeness (QED) is 0.783. The number of hydrogen-bond acceptors (Lipinski definition) is 6. The van der Waals surface area contributed by atoms with Crippen LogP contribution in [0.4, 0.5) is 5.95 Å². The number of sulfonamides is 1. The second-order valence-corrected chi connectivity index (χ2v) is 7.05. The molecule has 2 N–H and O–H groups in total. The van der Waals surface area contributed by atoms with Crippen molar-refractivity contribution in [1.29, 1.82) is 0 Å². The second kappa shape index (κ2) is 7.49. The minimum Gasteiger partial charge on any atom is -0.395 e. The summed E-state index contributed by atoms with van der Waals surface area (Å²) < 4.78 is 26.3. The summed E-state index contributed by atoms with van der Waals surface area (Å²) in [5.74, 6) is 0.445. The van der Waals surface area contributed by atoms with Crippen LogP contribution in [-0.4, -0.2) is 48.0 Å². The Morgan fingerprint density at radius 2 is 2.00 bits per heavy atom. The van der Waals surface area contributed by atoms with Gasteiger partial charge in [-0.25, -0.2) is 18.4 Å². The summed E-state index contributed by atoms with van der Waals surface area (Å²) in [6, 6.07) is 8.53. The van der Waals surface area contributed by atoms with Gasteiger partial charge in [-0.3, -0.25) is 0 Å². The van der Waals surface area contributed by atoms with Crippen LogP contribution in [0.5, 0.6) is 0 Å². The fourth-order valence-electron chi connectivity index (χ4n) is 2.04. The van der Waals surface area contributed by atoms with Crippen molar-refractivity contribution in [1.82, 2.24) is 14.3 Å². The zero-order valence-electron chi connectivity index (χ0n) is 13.1. The number of aliphatic hydroxyl groups is 1. The molecule has 23 heavy (non-hydrogen) atoms. The molecule has 0 aliphatic carbocycles. The summed E-state index contributed by atoms with van der Waals surface area (Å²) in [6.45, 7) is 1.96. The molecule has 0 atom stereocenters. The Hall–Kier alpha value is -2.03. The van der Waals surface area contributed by atoms with E-state index < -0.39 is 10.0 Å². The van der Waals surface area contributed by atoms with Crippen LogP contribution in [0.1, 0.15) is 11.3 Å². The van der Waals surface area contributed by atoms with E-state index in [0.29, 0.717) is 11.5 Å². The largest absolute Gasteiger partial charge is 0.395 e. The Labute approximate surface area is 136 Å². The van der Waals surface area contributed by atoms with Crippen LogP contribution in [0.25, 0.3) is 0 Å². The predicted octanol–water partition coefficient (Wildman–Crippen LogP) is 1.01. The summed E-state index contributed by atoms with van der Waals surface area (Å²) in [5, 5.41) is 12.0. The SMILES string of the molecule is Cc1ccnc(NCc2ccccc2S(=O)(=O)N(C)CCO)n1. The molecule has 0 aliphatic rings. The lowest BCUT2D eigenvalue weighted by atomic mass is 10.2. The van der Waals surface area contributed by atoms with Crippen molar-refractivity contribution < 1.29 is 13.5 Å². The van der Waals surface area contributed by atoms with Crippen LogP contribution >= 0.6 is 0 Å². The normalized spacial score (nSPS) is 11.7. The number of aromatic nitrogens is 2. The van der Waals surface area contributed by atoms with Crippen molar-refractivity contribution in [3.8, 4) is 0 Å². The van der Waals surface area contributed by atoms with Crippen LogP contribution in [0.3, 0.4) is 0 Å². The van der Waals surface area contributed by atoms with E-state index in [1.165, 1.54) is 7.05 Å². The fourth-order valence-corrected chi connectivity index (χ4v) is 3.42. The molecule has 0 saturated heterocycles. The molecule has 1 aromatic carbocycles. The number of anilines is 1. The molecule has 1 aromatic heterocycles. The molecule has 2 aromatic rings. The van der Waals surface area contributed by atoms with Crippen LogP contribution in [0.15, 0.2) is 41.4 Å². The molecule has 0 saturated carbocycles. The maximum Gasteiger partial charge on any atom is 0.243 e. The van der Waals surface area contributed by atoms with Crippen molar-refractivity contribution in [3.05, 3.63) is 47.8 Å². The van der Waals surface area contributed by atoms with Crippen LogP contribution in [0, 0.1) is 6.92 Å². The van der Waals surface area contributed by atoms with Gasteiger partial charge in [0, 0.05) is 32.0 Å². The van der Waals surface area contributed by atoms with Crippen molar-refractivity contribution in [2.75, 3.05) is 25.5 Å². The highest BCUT2D eigenvalue weighted by Crippen LogP contribution is 2.20. The van der Waals surface area contributed by atoms with Crippen molar-refractivity contribution in [2.45, 2.75) is 18.4 Å². The standard InChI is InChI=1S/C15H20N4O3S/c1-12-7-8-16-15(18-12)17-11-13-5-3-4-6-14(13)23(21,22)19(2)9-10-20/h3-8,20H,9-11H2,1-2H3,(H,16,17,18). The van der Waals surface area contributed by atoms with E-state index in [9.17, 15) is 8.42 Å². The van der Waals surface area contributed by atoms with Gasteiger partial charge in [-0.15, -0.1) is 0 Å². The van der Waals surface area contributed by atoms with E-state index in [-0.39, 0.29) is 24.6 Å². The van der Waals surface area contributed by atoms with Gasteiger partial charge in [0.15, 0.2) is 0 Å². The van der Waals surface area contributed by atoms with E-state index in [2.05, 4.69) is 15.3 Å². The third-order valence-corrected chi connectivity index (χ3v) is 5.26. The molecule has 0 radical (unpaired) electrons. The second-order valence-electron chi connectivity index (χ2n) is 5.03. The first-order valence-electron chi connectivity index (χ1n) is 7.14. The van der Waals surface area contributed by atoms with Crippen molar-refractivity contribution >= 4 is 16.0 Å². The minimum atomic E-state index is -3.65. The van der Waals surface area contributed by atoms with E-state index in [1.54, 1.807) is 36.5 Å². The van der Waals surface area contributed by atoms with Gasteiger partial charge in [0.05, 0.1) is 11.5 Å². The van der Waals surface area contributed by atoms with Crippen LogP contribution < -0.4 is 5.32 Å². The van der Waals surface area contributed by atoms with Gasteiger partial charge >= 0.3 is 0 Å². The van der Waals surface area contributed by atoms with Gasteiger partial charge in [-0.05, 0) is 24.6 Å². The van der Waals surface area contributed by atoms with Gasteiger partial charge in [0.25, 0.3) is 0 Å². The third kappa shape index (κ3) is 4.25. The predicted molar refractivity (Wildman–Crippen MR) is 87.4 cm³/mol. The lowest BCUT2D eigenvalue weighted by Crippen LogP contribution is -2.30. The maximum atomic E-state index is 12.6. The van der Waals surface area contributed by atoms with Gasteiger partial charge in [0.1, 0.15) is 0 Å². The fraction of sp³-hybridized carbons (Fsp3) is 0.333. The molecule has 0 aliphatic heterocycles. The summed E-state index contributed by atoms with van der Waals surface area (Å²) in [6.07, 6.45) is 1.64. The molecule has 7 nitrogen and oxygen atoms in total. The van der Waals surface area contributed by atoms with E-state index in [1.807, 2.05) is 6.92 Å². The molecule has 0 bridgehead atoms. The lowest BCUT2D eigenvalue weighted by Gasteiger charge is -2.18. The molecule has 1 heterocycles. The Bertz CT molecular complexity index is 765. The highest BCUT2D eigenvalue weighted by atomic mass is 32.2. The van der Waals surface area contributed by atoms with E-state index in [4.69, 9.17) is 5.11 Å². The van der Waals surface area contributed by atoms with Gasteiger partial charge < -0.3 is 10.4 Å². The molecule has 124 valence electrons. The topological polar surface area (TPSA) is 95.4 Å². The maximum absolute atomic E-state index is 12.6. The average Bonchev–Trinajstić information content (AvgIpc) is 2.53. The number of hydrogen-bond donors (Lipinski definition) is 2. The zero-order valence-corrected chi connectivity index (χ0v) is 13.9. The molecule has 8 heteroatoms. The first-order valence-corrected chi connectivity index (χ1v) is 8.58. The van der Waals surface area contributed by atoms with Crippen molar-refractivity contribution in [3.63, 3.8) is 0 Å². The summed E-state index contributed by atoms with van der Waals surface area (Å²) >= 11 is 0. The van der Waals surface area contributed by atoms with Gasteiger partial charge in [-0.1, -0.05) is 18.2 Å². The number of nitrogens with one attached hydrogen (secondary N) is 1. The molecule has 0 unspecified atom stereocenters. The highest BCUT2D eigenvalue weighted by Gasteiger charge is 2.23. The van der Waals surface area contributed by atoms with Crippen LogP contribution in [-0.2, 0) is 16.6 Å². The lowest BCUT2D eigenvalue weighted by molar-refractivity contribution is 0.266. The number of likely N-dealkylation sites (N-methyl/N-ethyl adjacent to an activating group) is 1. The first kappa shape index (κ1) is 17.3. The number of rotatable bonds is 7. The molecule has 0 amide bonds. The number of aryl methyl sites for hydroxylation is 1. The zero-order chi connectivity index (χ0) is 16.9. The van der Waals surface area contributed by atoms with Crippen LogP contribution in [0.2, 0.25) is 0 Å². The summed E-state index contributed by atoms with van der Waals surface area (Å²) in [7, 11) is -2.21. The highest BCUT2D eigenvalue weighted by molar-refractivity contribution is 7.89. The molecule has 0 fully saturated rings. The Kier molecular flexibility index (Phi) is 5.64. The smallest absolute Gasteiger partial charge is 0.243 e. The molecular weight excluding hydrogens is 316 g/mol. The first-order chi connectivity index (χ1) is 10.9. The summed E-state index contributed by atoms with van der Waals surface area (Å²) in [4.78, 5) is 8.53. The number of nitrogens with zero attached hydrogens (tertiary/aromatic N) is 3. The third-order valence-electron chi connectivity index (χ3n) is 3.31. The van der Waals surface area contributed by atoms with Gasteiger partial charge in [0.2, 0.25) is 16.0 Å². The van der Waals surface area contributed by atoms with Crippen molar-refractivity contribution in [2.24, 2.45) is 0 Å².